The molecule has 1 atom stereocenters. The number of aromatic nitrogens is 1. The van der Waals surface area contributed by atoms with E-state index in [0.29, 0.717) is 0 Å². The Kier molecular flexibility index (Phi) is 4.60. The second kappa shape index (κ2) is 5.83. The smallest absolute Gasteiger partial charge is 0.252 e. The average molecular weight is 310 g/mol. The normalized spacial score (nSPS) is 22.2. The van der Waals surface area contributed by atoms with Gasteiger partial charge in [-0.05, 0) is 25.9 Å². The van der Waals surface area contributed by atoms with Crippen LogP contribution in [-0.4, -0.2) is 44.0 Å². The molecule has 1 N–H and O–H groups in total. The zero-order valence-corrected chi connectivity index (χ0v) is 12.5. The van der Waals surface area contributed by atoms with E-state index in [1.54, 1.807) is 0 Å². The first-order valence-corrected chi connectivity index (χ1v) is 8.55. The zero-order valence-electron chi connectivity index (χ0n) is 10.1. The highest BCUT2D eigenvalue weighted by Gasteiger charge is 2.25. The summed E-state index contributed by atoms with van der Waals surface area (Å²) in [7, 11) is -3.48. The summed E-state index contributed by atoms with van der Waals surface area (Å²) in [5.41, 5.74) is 0. The van der Waals surface area contributed by atoms with Crippen molar-refractivity contribution in [3.63, 3.8) is 0 Å². The van der Waals surface area contributed by atoms with Gasteiger partial charge in [0.2, 0.25) is 0 Å². The van der Waals surface area contributed by atoms with Crippen LogP contribution in [0.15, 0.2) is 10.4 Å². The van der Waals surface area contributed by atoms with Gasteiger partial charge in [-0.15, -0.1) is 0 Å². The second-order valence-corrected chi connectivity index (χ2v) is 7.84. The van der Waals surface area contributed by atoms with Gasteiger partial charge in [0.1, 0.15) is 0 Å². The van der Waals surface area contributed by atoms with Crippen LogP contribution in [0.2, 0.25) is 4.47 Å². The maximum absolute atomic E-state index is 12.1. The van der Waals surface area contributed by atoms with Gasteiger partial charge < -0.3 is 4.90 Å². The third-order valence-electron chi connectivity index (χ3n) is 3.00. The lowest BCUT2D eigenvalue weighted by Gasteiger charge is -2.31. The Morgan fingerprint density at radius 1 is 1.67 bits per heavy atom. The Balaban J connectivity index is 2.04. The third-order valence-corrected chi connectivity index (χ3v) is 6.09. The van der Waals surface area contributed by atoms with E-state index in [-0.39, 0.29) is 14.7 Å². The molecule has 1 aliphatic rings. The van der Waals surface area contributed by atoms with Crippen molar-refractivity contribution in [2.45, 2.75) is 30.0 Å². The Morgan fingerprint density at radius 3 is 3.06 bits per heavy atom. The lowest BCUT2D eigenvalue weighted by atomic mass is 10.1. The Morgan fingerprint density at radius 2 is 2.44 bits per heavy atom. The molecular formula is C10H16ClN3O2S2. The molecule has 0 aromatic carbocycles. The first kappa shape index (κ1) is 14.2. The van der Waals surface area contributed by atoms with Crippen LogP contribution < -0.4 is 4.72 Å². The maximum Gasteiger partial charge on any atom is 0.252 e. The van der Waals surface area contributed by atoms with Gasteiger partial charge in [0, 0.05) is 12.6 Å². The molecule has 1 aliphatic heterocycles. The zero-order chi connectivity index (χ0) is 13.2. The SMILES string of the molecule is CCN1CCCC(NS(=O)(=O)c2cnc(Cl)s2)C1. The topological polar surface area (TPSA) is 62.3 Å². The Hall–Kier alpha value is -0.210. The number of piperidine rings is 1. The van der Waals surface area contributed by atoms with E-state index in [0.717, 1.165) is 43.8 Å². The number of rotatable bonds is 4. The molecule has 0 spiro atoms. The van der Waals surface area contributed by atoms with Crippen LogP contribution in [-0.2, 0) is 10.0 Å². The van der Waals surface area contributed by atoms with Gasteiger partial charge >= 0.3 is 0 Å². The molecule has 5 nitrogen and oxygen atoms in total. The van der Waals surface area contributed by atoms with Crippen molar-refractivity contribution in [2.24, 2.45) is 0 Å². The monoisotopic (exact) mass is 309 g/mol. The van der Waals surface area contributed by atoms with Gasteiger partial charge in [0.25, 0.3) is 10.0 Å². The minimum atomic E-state index is -3.48. The highest BCUT2D eigenvalue weighted by molar-refractivity contribution is 7.91. The molecule has 1 aromatic rings. The molecular weight excluding hydrogens is 294 g/mol. The van der Waals surface area contributed by atoms with Crippen LogP contribution in [0.3, 0.4) is 0 Å². The molecule has 1 fully saturated rings. The molecule has 2 rings (SSSR count). The number of likely N-dealkylation sites (N-methyl/N-ethyl adjacent to an activating group) is 1. The third kappa shape index (κ3) is 3.42. The van der Waals surface area contributed by atoms with Crippen molar-refractivity contribution in [3.8, 4) is 0 Å². The average Bonchev–Trinajstić information content (AvgIpc) is 2.76. The van der Waals surface area contributed by atoms with Crippen LogP contribution in [0, 0.1) is 0 Å². The molecule has 1 saturated heterocycles. The van der Waals surface area contributed by atoms with E-state index < -0.39 is 10.0 Å². The van der Waals surface area contributed by atoms with E-state index in [1.807, 2.05) is 0 Å². The quantitative estimate of drug-likeness (QED) is 0.917. The number of hydrogen-bond acceptors (Lipinski definition) is 5. The van der Waals surface area contributed by atoms with Crippen LogP contribution in [0.5, 0.6) is 0 Å². The van der Waals surface area contributed by atoms with E-state index in [4.69, 9.17) is 11.6 Å². The summed E-state index contributed by atoms with van der Waals surface area (Å²) in [4.78, 5) is 6.01. The number of thiazole rings is 1. The predicted molar refractivity (Wildman–Crippen MR) is 72.6 cm³/mol. The summed E-state index contributed by atoms with van der Waals surface area (Å²) in [6.07, 6.45) is 3.20. The van der Waals surface area contributed by atoms with Crippen LogP contribution in [0.25, 0.3) is 0 Å². The fourth-order valence-electron chi connectivity index (χ4n) is 2.08. The molecule has 1 unspecified atom stereocenters. The molecule has 8 heteroatoms. The van der Waals surface area contributed by atoms with Crippen LogP contribution >= 0.6 is 22.9 Å². The molecule has 18 heavy (non-hydrogen) atoms. The first-order chi connectivity index (χ1) is 8.51. The highest BCUT2D eigenvalue weighted by Crippen LogP contribution is 2.23. The van der Waals surface area contributed by atoms with Gasteiger partial charge in [-0.1, -0.05) is 29.9 Å². The molecule has 0 amide bonds. The van der Waals surface area contributed by atoms with Gasteiger partial charge in [0.05, 0.1) is 6.20 Å². The summed E-state index contributed by atoms with van der Waals surface area (Å²) in [6, 6.07) is -0.0235. The Labute approximate surface area is 116 Å². The van der Waals surface area contributed by atoms with Gasteiger partial charge in [-0.2, -0.15) is 0 Å². The molecule has 1 aromatic heterocycles. The highest BCUT2D eigenvalue weighted by atomic mass is 35.5. The van der Waals surface area contributed by atoms with Crippen molar-refractivity contribution in [2.75, 3.05) is 19.6 Å². The molecule has 2 heterocycles. The first-order valence-electron chi connectivity index (χ1n) is 5.87. The van der Waals surface area contributed by atoms with Crippen molar-refractivity contribution >= 4 is 33.0 Å². The van der Waals surface area contributed by atoms with E-state index in [2.05, 4.69) is 21.5 Å². The number of halogens is 1. The minimum absolute atomic E-state index is 0.0235. The summed E-state index contributed by atoms with van der Waals surface area (Å²) >= 11 is 6.64. The largest absolute Gasteiger partial charge is 0.302 e. The number of nitrogens with one attached hydrogen (secondary N) is 1. The fourth-order valence-corrected chi connectivity index (χ4v) is 4.65. The van der Waals surface area contributed by atoms with Crippen LogP contribution in [0.1, 0.15) is 19.8 Å². The maximum atomic E-state index is 12.1. The van der Waals surface area contributed by atoms with Gasteiger partial charge in [-0.3, -0.25) is 0 Å². The van der Waals surface area contributed by atoms with E-state index >= 15 is 0 Å². The standard InChI is InChI=1S/C10H16ClN3O2S2/c1-2-14-5-3-4-8(7-14)13-18(15,16)9-6-12-10(11)17-9/h6,8,13H,2-5,7H2,1H3. The Bertz CT molecular complexity index is 503. The summed E-state index contributed by atoms with van der Waals surface area (Å²) in [6.45, 7) is 4.84. The molecule has 0 saturated carbocycles. The number of nitrogens with zero attached hydrogens (tertiary/aromatic N) is 2. The molecule has 0 aliphatic carbocycles. The number of sulfonamides is 1. The van der Waals surface area contributed by atoms with Gasteiger partial charge in [-0.25, -0.2) is 18.1 Å². The van der Waals surface area contributed by atoms with Crippen molar-refractivity contribution < 1.29 is 8.42 Å². The second-order valence-electron chi connectivity index (χ2n) is 4.29. The summed E-state index contributed by atoms with van der Waals surface area (Å²) in [5.74, 6) is 0. The van der Waals surface area contributed by atoms with Crippen LogP contribution in [0.4, 0.5) is 0 Å². The summed E-state index contributed by atoms with van der Waals surface area (Å²) in [5, 5.41) is 0. The molecule has 0 radical (unpaired) electrons. The van der Waals surface area contributed by atoms with E-state index in [9.17, 15) is 8.42 Å². The lowest BCUT2D eigenvalue weighted by molar-refractivity contribution is 0.211. The van der Waals surface area contributed by atoms with Crippen molar-refractivity contribution in [1.82, 2.24) is 14.6 Å². The fraction of sp³-hybridized carbons (Fsp3) is 0.700. The lowest BCUT2D eigenvalue weighted by Crippen LogP contribution is -2.47. The van der Waals surface area contributed by atoms with Crippen molar-refractivity contribution in [1.29, 1.82) is 0 Å². The number of likely N-dealkylation sites (tertiary alicyclic amines) is 1. The van der Waals surface area contributed by atoms with E-state index in [1.165, 1.54) is 6.20 Å². The van der Waals surface area contributed by atoms with Crippen molar-refractivity contribution in [3.05, 3.63) is 10.7 Å². The molecule has 0 bridgehead atoms. The van der Waals surface area contributed by atoms with Gasteiger partial charge in [0.15, 0.2) is 8.68 Å². The predicted octanol–water partition coefficient (Wildman–Crippen LogP) is 1.56. The minimum Gasteiger partial charge on any atom is -0.302 e. The number of hydrogen-bond donors (Lipinski definition) is 1. The summed E-state index contributed by atoms with van der Waals surface area (Å²) < 4.78 is 27.3. The molecule has 102 valence electrons.